The van der Waals surface area contributed by atoms with Crippen molar-refractivity contribution < 1.29 is 13.6 Å². The molecule has 1 aromatic rings. The van der Waals surface area contributed by atoms with Crippen LogP contribution in [0.4, 0.5) is 14.5 Å². The van der Waals surface area contributed by atoms with Crippen LogP contribution in [0.1, 0.15) is 20.3 Å². The molecule has 0 radical (unpaired) electrons. The highest BCUT2D eigenvalue weighted by atomic mass is 19.1. The number of anilines is 1. The second-order valence-corrected chi connectivity index (χ2v) is 7.78. The normalized spacial score (nSPS) is 20.5. The van der Waals surface area contributed by atoms with E-state index in [-0.39, 0.29) is 11.9 Å². The number of piperazine rings is 1. The average molecular weight is 423 g/mol. The molecule has 2 aliphatic heterocycles. The number of amides is 1. The third kappa shape index (κ3) is 6.04. The van der Waals surface area contributed by atoms with Gasteiger partial charge in [-0.1, -0.05) is 0 Å². The molecule has 30 heavy (non-hydrogen) atoms. The van der Waals surface area contributed by atoms with Crippen molar-refractivity contribution in [3.63, 3.8) is 0 Å². The van der Waals surface area contributed by atoms with Gasteiger partial charge in [-0.05, 0) is 25.5 Å². The molecule has 1 atom stereocenters. The molecule has 1 aromatic carbocycles. The Hall–Kier alpha value is -2.42. The van der Waals surface area contributed by atoms with Crippen LogP contribution in [0.15, 0.2) is 23.2 Å². The minimum Gasteiger partial charge on any atom is -0.367 e. The Bertz CT molecular complexity index is 751. The Balaban J connectivity index is 1.47. The van der Waals surface area contributed by atoms with E-state index in [2.05, 4.69) is 20.5 Å². The first-order valence-corrected chi connectivity index (χ1v) is 10.7. The van der Waals surface area contributed by atoms with Crippen molar-refractivity contribution in [3.8, 4) is 0 Å². The maximum absolute atomic E-state index is 14.1. The lowest BCUT2D eigenvalue weighted by Gasteiger charge is -2.33. The minimum atomic E-state index is -0.561. The summed E-state index contributed by atoms with van der Waals surface area (Å²) in [5.41, 5.74) is 0.437. The lowest BCUT2D eigenvalue weighted by atomic mass is 10.2. The molecule has 3 rings (SSSR count). The predicted molar refractivity (Wildman–Crippen MR) is 115 cm³/mol. The summed E-state index contributed by atoms with van der Waals surface area (Å²) in [7, 11) is 0. The van der Waals surface area contributed by atoms with Gasteiger partial charge in [-0.25, -0.2) is 8.78 Å². The molecule has 2 fully saturated rings. The summed E-state index contributed by atoms with van der Waals surface area (Å²) in [4.78, 5) is 22.2. The number of nitrogens with zero attached hydrogens (tertiary/aromatic N) is 4. The smallest absolute Gasteiger partial charge is 0.219 e. The number of carbonyl (C=O) groups is 1. The molecule has 0 aliphatic carbocycles. The van der Waals surface area contributed by atoms with Gasteiger partial charge >= 0.3 is 0 Å². The van der Waals surface area contributed by atoms with Gasteiger partial charge in [-0.15, -0.1) is 0 Å². The van der Waals surface area contributed by atoms with Crippen molar-refractivity contribution in [2.24, 2.45) is 4.99 Å². The number of aliphatic imine (C=N–C) groups is 1. The molecular formula is C21H32F2N6O. The maximum atomic E-state index is 14.1. The van der Waals surface area contributed by atoms with Crippen LogP contribution >= 0.6 is 0 Å². The summed E-state index contributed by atoms with van der Waals surface area (Å²) in [6.07, 6.45) is 0.855. The van der Waals surface area contributed by atoms with Crippen molar-refractivity contribution in [2.45, 2.75) is 26.3 Å². The summed E-state index contributed by atoms with van der Waals surface area (Å²) in [5, 5.41) is 6.70. The van der Waals surface area contributed by atoms with E-state index >= 15 is 0 Å². The van der Waals surface area contributed by atoms with Gasteiger partial charge in [-0.2, -0.15) is 0 Å². The van der Waals surface area contributed by atoms with E-state index in [1.165, 1.54) is 12.1 Å². The number of nitrogens with one attached hydrogen (secondary N) is 2. The second kappa shape index (κ2) is 10.6. The number of halogens is 2. The van der Waals surface area contributed by atoms with Crippen LogP contribution in [0.3, 0.4) is 0 Å². The van der Waals surface area contributed by atoms with E-state index in [4.69, 9.17) is 0 Å². The van der Waals surface area contributed by atoms with Gasteiger partial charge in [0.25, 0.3) is 0 Å². The summed E-state index contributed by atoms with van der Waals surface area (Å²) in [6, 6.07) is 3.86. The van der Waals surface area contributed by atoms with E-state index in [9.17, 15) is 13.6 Å². The zero-order chi connectivity index (χ0) is 21.5. The number of carbonyl (C=O) groups excluding carboxylic acids is 1. The van der Waals surface area contributed by atoms with E-state index in [1.54, 1.807) is 6.92 Å². The Morgan fingerprint density at radius 3 is 2.63 bits per heavy atom. The molecule has 0 spiro atoms. The Kier molecular flexibility index (Phi) is 7.84. The van der Waals surface area contributed by atoms with Crippen LogP contribution in [0, 0.1) is 11.6 Å². The largest absolute Gasteiger partial charge is 0.367 e. The fourth-order valence-corrected chi connectivity index (χ4v) is 3.94. The number of guanidine groups is 1. The molecule has 1 amide bonds. The van der Waals surface area contributed by atoms with Crippen LogP contribution in [0.25, 0.3) is 0 Å². The zero-order valence-corrected chi connectivity index (χ0v) is 17.8. The highest BCUT2D eigenvalue weighted by Crippen LogP contribution is 2.24. The van der Waals surface area contributed by atoms with Gasteiger partial charge in [0.2, 0.25) is 5.91 Å². The van der Waals surface area contributed by atoms with Gasteiger partial charge in [0.1, 0.15) is 11.6 Å². The van der Waals surface area contributed by atoms with Crippen LogP contribution in [-0.2, 0) is 4.79 Å². The highest BCUT2D eigenvalue weighted by molar-refractivity contribution is 5.80. The number of hydrogen-bond acceptors (Lipinski definition) is 4. The van der Waals surface area contributed by atoms with Crippen molar-refractivity contribution in [1.29, 1.82) is 0 Å². The van der Waals surface area contributed by atoms with Crippen molar-refractivity contribution in [3.05, 3.63) is 29.8 Å². The third-order valence-electron chi connectivity index (χ3n) is 5.63. The molecule has 0 bridgehead atoms. The summed E-state index contributed by atoms with van der Waals surface area (Å²) in [6.45, 7) is 10.5. The standard InChI is InChI=1S/C21H32F2N6O/c1-3-24-21(25-7-9-27-10-12-28(13-11-27)16(2)30)26-18-6-8-29(15-18)20-5-4-17(22)14-19(20)23/h4-5,14,18H,3,6-13,15H2,1-2H3,(H2,24,25,26). The van der Waals surface area contributed by atoms with E-state index in [0.29, 0.717) is 25.3 Å². The third-order valence-corrected chi connectivity index (χ3v) is 5.63. The van der Waals surface area contributed by atoms with Gasteiger partial charge in [0, 0.05) is 71.4 Å². The van der Waals surface area contributed by atoms with Crippen molar-refractivity contribution >= 4 is 17.6 Å². The Labute approximate surface area is 177 Å². The Morgan fingerprint density at radius 1 is 1.20 bits per heavy atom. The SMILES string of the molecule is CCNC(=NCCN1CCN(C(C)=O)CC1)NC1CCN(c2ccc(F)cc2F)C1. The molecule has 2 saturated heterocycles. The molecule has 9 heteroatoms. The lowest BCUT2D eigenvalue weighted by Crippen LogP contribution is -2.49. The average Bonchev–Trinajstić information content (AvgIpc) is 3.16. The first-order chi connectivity index (χ1) is 14.5. The molecule has 7 nitrogen and oxygen atoms in total. The number of rotatable bonds is 6. The molecule has 2 heterocycles. The first-order valence-electron chi connectivity index (χ1n) is 10.7. The van der Waals surface area contributed by atoms with E-state index < -0.39 is 11.6 Å². The van der Waals surface area contributed by atoms with E-state index in [0.717, 1.165) is 57.7 Å². The van der Waals surface area contributed by atoms with E-state index in [1.807, 2.05) is 16.7 Å². The number of hydrogen-bond donors (Lipinski definition) is 2. The molecular weight excluding hydrogens is 390 g/mol. The molecule has 2 N–H and O–H groups in total. The second-order valence-electron chi connectivity index (χ2n) is 7.78. The Morgan fingerprint density at radius 2 is 1.97 bits per heavy atom. The van der Waals surface area contributed by atoms with Crippen LogP contribution < -0.4 is 15.5 Å². The summed E-state index contributed by atoms with van der Waals surface area (Å²) in [5.74, 6) is -0.195. The fourth-order valence-electron chi connectivity index (χ4n) is 3.94. The summed E-state index contributed by atoms with van der Waals surface area (Å²) >= 11 is 0. The predicted octanol–water partition coefficient (Wildman–Crippen LogP) is 1.26. The molecule has 0 saturated carbocycles. The summed E-state index contributed by atoms with van der Waals surface area (Å²) < 4.78 is 27.2. The molecule has 1 unspecified atom stereocenters. The zero-order valence-electron chi connectivity index (χ0n) is 17.8. The van der Waals surface area contributed by atoms with Gasteiger partial charge < -0.3 is 20.4 Å². The van der Waals surface area contributed by atoms with Gasteiger partial charge in [0.05, 0.1) is 12.2 Å². The highest BCUT2D eigenvalue weighted by Gasteiger charge is 2.25. The first kappa shape index (κ1) is 22.3. The van der Waals surface area contributed by atoms with Crippen LogP contribution in [0.5, 0.6) is 0 Å². The maximum Gasteiger partial charge on any atom is 0.219 e. The molecule has 2 aliphatic rings. The molecule has 0 aromatic heterocycles. The fraction of sp³-hybridized carbons (Fsp3) is 0.619. The van der Waals surface area contributed by atoms with Crippen LogP contribution in [0.2, 0.25) is 0 Å². The quantitative estimate of drug-likeness (QED) is 0.534. The van der Waals surface area contributed by atoms with Gasteiger partial charge in [0.15, 0.2) is 5.96 Å². The van der Waals surface area contributed by atoms with Crippen molar-refractivity contribution in [1.82, 2.24) is 20.4 Å². The minimum absolute atomic E-state index is 0.137. The van der Waals surface area contributed by atoms with Crippen molar-refractivity contribution in [2.75, 3.05) is 63.8 Å². The van der Waals surface area contributed by atoms with Gasteiger partial charge in [-0.3, -0.25) is 14.7 Å². The topological polar surface area (TPSA) is 63.2 Å². The lowest BCUT2D eigenvalue weighted by molar-refractivity contribution is -0.130. The monoisotopic (exact) mass is 422 g/mol. The number of benzene rings is 1. The van der Waals surface area contributed by atoms with Crippen LogP contribution in [-0.4, -0.2) is 86.6 Å². The molecule has 166 valence electrons.